The van der Waals surface area contributed by atoms with E-state index in [0.717, 1.165) is 29.5 Å². The lowest BCUT2D eigenvalue weighted by atomic mass is 10.0. The monoisotopic (exact) mass is 459 g/mol. The van der Waals surface area contributed by atoms with Crippen molar-refractivity contribution in [2.24, 2.45) is 0 Å². The molecule has 3 aromatic rings. The number of para-hydroxylation sites is 1. The number of rotatable bonds is 12. The van der Waals surface area contributed by atoms with E-state index in [0.29, 0.717) is 43.7 Å². The van der Waals surface area contributed by atoms with Crippen molar-refractivity contribution in [3.05, 3.63) is 84.2 Å². The van der Waals surface area contributed by atoms with E-state index in [1.807, 2.05) is 60.7 Å². The quantitative estimate of drug-likeness (QED) is 0.358. The molecule has 34 heavy (non-hydrogen) atoms. The van der Waals surface area contributed by atoms with Gasteiger partial charge in [0, 0.05) is 42.5 Å². The van der Waals surface area contributed by atoms with Crippen molar-refractivity contribution in [3.8, 4) is 16.9 Å². The van der Waals surface area contributed by atoms with E-state index in [9.17, 15) is 9.59 Å². The molecule has 0 saturated heterocycles. The number of hydrogen-bond acceptors (Lipinski definition) is 4. The number of aromatic nitrogens is 1. The summed E-state index contributed by atoms with van der Waals surface area (Å²) in [5.41, 5.74) is 3.37. The van der Waals surface area contributed by atoms with E-state index in [2.05, 4.69) is 4.98 Å². The number of benzene rings is 2. The Labute approximate surface area is 201 Å². The summed E-state index contributed by atoms with van der Waals surface area (Å²) in [6.07, 6.45) is 7.16. The number of unbranched alkanes of at least 4 members (excludes halogenated alkanes) is 2. The molecular formula is C28H30N2O4. The highest BCUT2D eigenvalue weighted by molar-refractivity contribution is 5.95. The highest BCUT2D eigenvalue weighted by atomic mass is 16.5. The smallest absolute Gasteiger partial charge is 0.303 e. The van der Waals surface area contributed by atoms with Gasteiger partial charge in [-0.25, -0.2) is 0 Å². The van der Waals surface area contributed by atoms with Gasteiger partial charge in [-0.3, -0.25) is 14.6 Å². The number of carboxylic acid groups (broad SMARTS) is 1. The van der Waals surface area contributed by atoms with Crippen LogP contribution in [0.5, 0.6) is 5.75 Å². The summed E-state index contributed by atoms with van der Waals surface area (Å²) in [5.74, 6) is -0.254. The average molecular weight is 460 g/mol. The molecule has 1 aliphatic rings. The van der Waals surface area contributed by atoms with Crippen molar-refractivity contribution in [1.82, 2.24) is 9.88 Å². The summed E-state index contributed by atoms with van der Waals surface area (Å²) < 4.78 is 14.7. The zero-order valence-electron chi connectivity index (χ0n) is 20.2. The number of carboxylic acids is 1. The number of carbonyl (C=O) groups excluding carboxylic acids is 1. The largest absolute Gasteiger partial charge is 0.493 e. The third-order valence-electron chi connectivity index (χ3n) is 5.82. The second-order valence-electron chi connectivity index (χ2n) is 8.44. The molecule has 1 amide bonds. The summed E-state index contributed by atoms with van der Waals surface area (Å²) in [7, 11) is 0. The van der Waals surface area contributed by atoms with Crippen molar-refractivity contribution in [2.45, 2.75) is 51.1 Å². The first-order valence-corrected chi connectivity index (χ1v) is 11.7. The van der Waals surface area contributed by atoms with Gasteiger partial charge in [0.15, 0.2) is 0 Å². The zero-order valence-corrected chi connectivity index (χ0v) is 19.2. The molecule has 1 fully saturated rings. The lowest BCUT2D eigenvalue weighted by Gasteiger charge is -2.24. The van der Waals surface area contributed by atoms with Gasteiger partial charge < -0.3 is 14.7 Å². The van der Waals surface area contributed by atoms with Crippen LogP contribution in [0.3, 0.4) is 0 Å². The van der Waals surface area contributed by atoms with Crippen LogP contribution in [0, 0.1) is 0 Å². The second kappa shape index (κ2) is 11.5. The van der Waals surface area contributed by atoms with E-state index in [4.69, 9.17) is 11.2 Å². The number of pyridine rings is 1. The molecule has 1 N–H and O–H groups in total. The Morgan fingerprint density at radius 1 is 1.00 bits per heavy atom. The Kier molecular flexibility index (Phi) is 7.46. The molecule has 0 aliphatic heterocycles. The van der Waals surface area contributed by atoms with E-state index < -0.39 is 12.0 Å². The molecule has 0 bridgehead atoms. The molecule has 1 saturated carbocycles. The molecule has 4 rings (SSSR count). The summed E-state index contributed by atoms with van der Waals surface area (Å²) >= 11 is 0. The minimum atomic E-state index is -0.900. The summed E-state index contributed by atoms with van der Waals surface area (Å²) in [4.78, 5) is 29.9. The van der Waals surface area contributed by atoms with Gasteiger partial charge in [0.1, 0.15) is 5.75 Å². The second-order valence-corrected chi connectivity index (χ2v) is 8.44. The van der Waals surface area contributed by atoms with Gasteiger partial charge >= 0.3 is 5.97 Å². The maximum Gasteiger partial charge on any atom is 0.303 e. The van der Waals surface area contributed by atoms with Crippen LogP contribution in [-0.4, -0.2) is 39.5 Å². The molecule has 6 nitrogen and oxygen atoms in total. The SMILES string of the molecule is [2H]C1(N(Cc2ccccc2OCCCCCC(=O)O)C(=O)c2ccc(-c3cccnc3)cc2)CC1. The lowest BCUT2D eigenvalue weighted by molar-refractivity contribution is -0.137. The summed E-state index contributed by atoms with van der Waals surface area (Å²) in [6, 6.07) is 18.0. The highest BCUT2D eigenvalue weighted by Crippen LogP contribution is 2.32. The number of carbonyl (C=O) groups is 2. The van der Waals surface area contributed by atoms with E-state index in [1.165, 1.54) is 0 Å². The van der Waals surface area contributed by atoms with Crippen molar-refractivity contribution in [3.63, 3.8) is 0 Å². The first-order valence-electron chi connectivity index (χ1n) is 12.2. The van der Waals surface area contributed by atoms with E-state index in [1.54, 1.807) is 17.3 Å². The minimum absolute atomic E-state index is 0.168. The average Bonchev–Trinajstić information content (AvgIpc) is 3.63. The van der Waals surface area contributed by atoms with Crippen LogP contribution in [0.1, 0.15) is 55.8 Å². The Bertz CT molecular complexity index is 1150. The number of hydrogen-bond donors (Lipinski definition) is 1. The molecule has 0 atom stereocenters. The topological polar surface area (TPSA) is 79.7 Å². The summed E-state index contributed by atoms with van der Waals surface area (Å²) in [6.45, 7) is 0.772. The molecule has 2 aromatic carbocycles. The van der Waals surface area contributed by atoms with Crippen LogP contribution < -0.4 is 4.74 Å². The van der Waals surface area contributed by atoms with Crippen LogP contribution in [0.2, 0.25) is 0 Å². The number of aliphatic carboxylic acids is 1. The Hall–Kier alpha value is -3.67. The van der Waals surface area contributed by atoms with Crippen LogP contribution in [0.25, 0.3) is 11.1 Å². The van der Waals surface area contributed by atoms with Crippen LogP contribution in [0.4, 0.5) is 0 Å². The maximum absolute atomic E-state index is 13.5. The van der Waals surface area contributed by atoms with Crippen molar-refractivity contribution in [2.75, 3.05) is 6.61 Å². The standard InChI is InChI=1S/C28H30N2O4/c31-27(32)10-2-1-5-18-34-26-9-4-3-7-24(26)20-30(25-15-16-25)28(33)22-13-11-21(12-14-22)23-8-6-17-29-19-23/h3-4,6-9,11-14,17,19,25H,1-2,5,10,15-16,18,20H2,(H,31,32)/i25D. The van der Waals surface area contributed by atoms with Crippen molar-refractivity contribution >= 4 is 11.9 Å². The Morgan fingerprint density at radius 3 is 2.50 bits per heavy atom. The fraction of sp³-hybridized carbons (Fsp3) is 0.321. The fourth-order valence-electron chi connectivity index (χ4n) is 3.83. The molecule has 0 radical (unpaired) electrons. The third-order valence-corrected chi connectivity index (χ3v) is 5.82. The minimum Gasteiger partial charge on any atom is -0.493 e. The van der Waals surface area contributed by atoms with Gasteiger partial charge in [-0.15, -0.1) is 0 Å². The lowest BCUT2D eigenvalue weighted by Crippen LogP contribution is -2.32. The molecule has 1 aliphatic carbocycles. The van der Waals surface area contributed by atoms with Gasteiger partial charge in [0.05, 0.1) is 7.98 Å². The summed E-state index contributed by atoms with van der Waals surface area (Å²) in [5, 5.41) is 8.75. The third kappa shape index (κ3) is 6.44. The normalized spacial score (nSPS) is 14.2. The van der Waals surface area contributed by atoms with Gasteiger partial charge in [0.2, 0.25) is 0 Å². The fourth-order valence-corrected chi connectivity index (χ4v) is 3.83. The predicted octanol–water partition coefficient (Wildman–Crippen LogP) is 5.58. The molecular weight excluding hydrogens is 428 g/mol. The van der Waals surface area contributed by atoms with Gasteiger partial charge in [-0.2, -0.15) is 0 Å². The first kappa shape index (κ1) is 22.1. The Balaban J connectivity index is 1.44. The maximum atomic E-state index is 13.5. The molecule has 0 unspecified atom stereocenters. The molecule has 1 aromatic heterocycles. The van der Waals surface area contributed by atoms with Crippen molar-refractivity contribution in [1.29, 1.82) is 0 Å². The van der Waals surface area contributed by atoms with Gasteiger partial charge in [0.25, 0.3) is 5.91 Å². The van der Waals surface area contributed by atoms with E-state index >= 15 is 0 Å². The number of nitrogens with zero attached hydrogens (tertiary/aromatic N) is 2. The van der Waals surface area contributed by atoms with Crippen molar-refractivity contribution < 1.29 is 20.8 Å². The van der Waals surface area contributed by atoms with Gasteiger partial charge in [-0.1, -0.05) is 36.4 Å². The predicted molar refractivity (Wildman–Crippen MR) is 131 cm³/mol. The van der Waals surface area contributed by atoms with Gasteiger partial charge in [-0.05, 0) is 67.5 Å². The van der Waals surface area contributed by atoms with E-state index in [-0.39, 0.29) is 12.3 Å². The zero-order chi connectivity index (χ0) is 24.7. The molecule has 6 heteroatoms. The molecule has 176 valence electrons. The number of amides is 1. The van der Waals surface area contributed by atoms with Crippen LogP contribution >= 0.6 is 0 Å². The highest BCUT2D eigenvalue weighted by Gasteiger charge is 2.33. The van der Waals surface area contributed by atoms with Crippen LogP contribution in [0.15, 0.2) is 73.1 Å². The number of ether oxygens (including phenoxy) is 1. The molecule has 0 spiro atoms. The van der Waals surface area contributed by atoms with Crippen LogP contribution in [-0.2, 0) is 11.3 Å². The first-order chi connectivity index (χ1) is 17.0. The Morgan fingerprint density at radius 2 is 1.79 bits per heavy atom. The molecule has 1 heterocycles.